The molecule has 118 valence electrons. The molecule has 0 amide bonds. The number of hydrogen-bond acceptors (Lipinski definition) is 7. The highest BCUT2D eigenvalue weighted by atomic mass is 35.5. The van der Waals surface area contributed by atoms with E-state index in [2.05, 4.69) is 20.4 Å². The number of anilines is 2. The number of nitrogens with one attached hydrogen (secondary N) is 1. The molecule has 2 aromatic heterocycles. The predicted octanol–water partition coefficient (Wildman–Crippen LogP) is 3.50. The number of ether oxygens (including phenoxy) is 1. The minimum Gasteiger partial charge on any atom is -0.461 e. The Labute approximate surface area is 136 Å². The highest BCUT2D eigenvalue weighted by Crippen LogP contribution is 2.30. The lowest BCUT2D eigenvalue weighted by Gasteiger charge is -2.10. The van der Waals surface area contributed by atoms with E-state index in [4.69, 9.17) is 20.9 Å². The van der Waals surface area contributed by atoms with Crippen LogP contribution in [0.3, 0.4) is 0 Å². The molecule has 1 N–H and O–H groups in total. The summed E-state index contributed by atoms with van der Waals surface area (Å²) in [5.74, 6) is -0.198. The minimum atomic E-state index is -0.591. The van der Waals surface area contributed by atoms with Crippen molar-refractivity contribution in [2.75, 3.05) is 11.9 Å². The number of carbonyl (C=O) groups excluding carboxylic acids is 1. The first-order valence-electron chi connectivity index (χ1n) is 6.91. The Morgan fingerprint density at radius 2 is 2.22 bits per heavy atom. The summed E-state index contributed by atoms with van der Waals surface area (Å²) in [5.41, 5.74) is 1.85. The van der Waals surface area contributed by atoms with Crippen molar-refractivity contribution in [3.8, 4) is 0 Å². The van der Waals surface area contributed by atoms with Crippen molar-refractivity contribution >= 4 is 40.2 Å². The van der Waals surface area contributed by atoms with Gasteiger partial charge in [-0.25, -0.2) is 9.78 Å². The van der Waals surface area contributed by atoms with Crippen molar-refractivity contribution in [1.29, 1.82) is 0 Å². The number of rotatable bonds is 4. The van der Waals surface area contributed by atoms with E-state index in [0.29, 0.717) is 16.2 Å². The Morgan fingerprint density at radius 1 is 1.39 bits per heavy atom. The molecule has 0 aliphatic heterocycles. The summed E-state index contributed by atoms with van der Waals surface area (Å²) in [4.78, 5) is 20.1. The van der Waals surface area contributed by atoms with Crippen LogP contribution in [0.2, 0.25) is 5.02 Å². The van der Waals surface area contributed by atoms with Crippen molar-refractivity contribution in [3.05, 3.63) is 40.8 Å². The van der Waals surface area contributed by atoms with E-state index in [9.17, 15) is 4.79 Å². The molecule has 0 fully saturated rings. The second kappa shape index (κ2) is 6.21. The fourth-order valence-electron chi connectivity index (χ4n) is 2.09. The molecule has 0 saturated heterocycles. The second-order valence-corrected chi connectivity index (χ2v) is 5.10. The lowest BCUT2D eigenvalue weighted by molar-refractivity contribution is 0.0517. The van der Waals surface area contributed by atoms with E-state index >= 15 is 0 Å². The van der Waals surface area contributed by atoms with Gasteiger partial charge in [-0.2, -0.15) is 4.98 Å². The van der Waals surface area contributed by atoms with Gasteiger partial charge in [0, 0.05) is 10.7 Å². The largest absolute Gasteiger partial charge is 0.461 e. The van der Waals surface area contributed by atoms with Crippen LogP contribution in [0.25, 0.3) is 11.1 Å². The number of hydrogen-bond donors (Lipinski definition) is 1. The Kier molecular flexibility index (Phi) is 4.12. The first-order valence-corrected chi connectivity index (χ1v) is 7.29. The molecule has 0 unspecified atom stereocenters. The Balaban J connectivity index is 2.09. The molecular weight excluding hydrogens is 320 g/mol. The highest BCUT2D eigenvalue weighted by Gasteiger charge is 2.22. The van der Waals surface area contributed by atoms with Gasteiger partial charge in [0.25, 0.3) is 5.71 Å². The van der Waals surface area contributed by atoms with Crippen LogP contribution in [0.15, 0.2) is 29.0 Å². The van der Waals surface area contributed by atoms with Gasteiger partial charge < -0.3 is 14.6 Å². The fraction of sp³-hybridized carbons (Fsp3) is 0.200. The minimum absolute atomic E-state index is 0.0321. The standard InChI is InChI=1S/C15H13ClN4O3/c1-3-22-15(21)12-11-13(17-7-18-14(11)23-20-12)19-10-6-4-5-9(16)8(10)2/h4-7H,3H2,1-2H3,(H,17,18,19). The van der Waals surface area contributed by atoms with Gasteiger partial charge in [-0.15, -0.1) is 0 Å². The quantitative estimate of drug-likeness (QED) is 0.731. The summed E-state index contributed by atoms with van der Waals surface area (Å²) < 4.78 is 10.1. The number of halogens is 1. The van der Waals surface area contributed by atoms with Gasteiger partial charge in [0.1, 0.15) is 17.5 Å². The lowest BCUT2D eigenvalue weighted by atomic mass is 10.2. The van der Waals surface area contributed by atoms with Crippen LogP contribution in [0.5, 0.6) is 0 Å². The number of fused-ring (bicyclic) bond motifs is 1. The molecule has 3 aromatic rings. The van der Waals surface area contributed by atoms with Crippen molar-refractivity contribution in [2.24, 2.45) is 0 Å². The van der Waals surface area contributed by atoms with Crippen LogP contribution < -0.4 is 5.32 Å². The summed E-state index contributed by atoms with van der Waals surface area (Å²) in [6.07, 6.45) is 1.32. The summed E-state index contributed by atoms with van der Waals surface area (Å²) in [7, 11) is 0. The molecule has 8 heteroatoms. The number of aromatic nitrogens is 3. The molecule has 7 nitrogen and oxygen atoms in total. The molecular formula is C15H13ClN4O3. The topological polar surface area (TPSA) is 90.1 Å². The molecule has 3 rings (SSSR count). The molecule has 0 spiro atoms. The molecule has 2 heterocycles. The monoisotopic (exact) mass is 332 g/mol. The van der Waals surface area contributed by atoms with Crippen molar-refractivity contribution in [2.45, 2.75) is 13.8 Å². The van der Waals surface area contributed by atoms with Gasteiger partial charge in [-0.05, 0) is 31.5 Å². The maximum atomic E-state index is 12.0. The van der Waals surface area contributed by atoms with Crippen LogP contribution in [0.1, 0.15) is 23.0 Å². The molecule has 0 saturated carbocycles. The molecule has 0 radical (unpaired) electrons. The van der Waals surface area contributed by atoms with E-state index in [1.54, 1.807) is 13.0 Å². The zero-order valence-electron chi connectivity index (χ0n) is 12.5. The van der Waals surface area contributed by atoms with Crippen molar-refractivity contribution in [1.82, 2.24) is 15.1 Å². The van der Waals surface area contributed by atoms with Crippen LogP contribution in [-0.2, 0) is 4.74 Å². The van der Waals surface area contributed by atoms with E-state index in [0.717, 1.165) is 11.3 Å². The van der Waals surface area contributed by atoms with E-state index in [1.807, 2.05) is 19.1 Å². The third-order valence-electron chi connectivity index (χ3n) is 3.26. The third-order valence-corrected chi connectivity index (χ3v) is 3.67. The predicted molar refractivity (Wildman–Crippen MR) is 85.0 cm³/mol. The van der Waals surface area contributed by atoms with Gasteiger partial charge in [-0.1, -0.05) is 22.8 Å². The zero-order valence-corrected chi connectivity index (χ0v) is 13.2. The average Bonchev–Trinajstić information content (AvgIpc) is 2.97. The first kappa shape index (κ1) is 15.2. The molecule has 0 atom stereocenters. The van der Waals surface area contributed by atoms with Gasteiger partial charge in [0.2, 0.25) is 5.69 Å². The van der Waals surface area contributed by atoms with E-state index in [-0.39, 0.29) is 18.0 Å². The smallest absolute Gasteiger partial charge is 0.361 e. The third kappa shape index (κ3) is 2.83. The fourth-order valence-corrected chi connectivity index (χ4v) is 2.27. The number of carbonyl (C=O) groups is 1. The molecule has 1 aromatic carbocycles. The Hall–Kier alpha value is -2.67. The molecule has 0 aliphatic carbocycles. The number of nitrogens with zero attached hydrogens (tertiary/aromatic N) is 3. The van der Waals surface area contributed by atoms with Crippen LogP contribution in [-0.4, -0.2) is 27.7 Å². The summed E-state index contributed by atoms with van der Waals surface area (Å²) in [5, 5.41) is 7.86. The molecule has 0 aliphatic rings. The maximum absolute atomic E-state index is 12.0. The number of esters is 1. The summed E-state index contributed by atoms with van der Waals surface area (Å²) in [6, 6.07) is 5.46. The van der Waals surface area contributed by atoms with Gasteiger partial charge in [0.05, 0.1) is 6.61 Å². The Morgan fingerprint density at radius 3 is 3.00 bits per heavy atom. The average molecular weight is 333 g/mol. The van der Waals surface area contributed by atoms with Crippen molar-refractivity contribution in [3.63, 3.8) is 0 Å². The highest BCUT2D eigenvalue weighted by molar-refractivity contribution is 6.31. The van der Waals surface area contributed by atoms with Crippen LogP contribution in [0.4, 0.5) is 11.5 Å². The van der Waals surface area contributed by atoms with Gasteiger partial charge >= 0.3 is 5.97 Å². The van der Waals surface area contributed by atoms with Crippen LogP contribution >= 0.6 is 11.6 Å². The molecule has 0 bridgehead atoms. The summed E-state index contributed by atoms with van der Waals surface area (Å²) in [6.45, 7) is 3.82. The van der Waals surface area contributed by atoms with E-state index in [1.165, 1.54) is 6.33 Å². The second-order valence-electron chi connectivity index (χ2n) is 4.69. The van der Waals surface area contributed by atoms with E-state index < -0.39 is 5.97 Å². The SMILES string of the molecule is CCOC(=O)c1noc2ncnc(Nc3cccc(Cl)c3C)c12. The zero-order chi connectivity index (χ0) is 16.4. The number of benzene rings is 1. The molecule has 23 heavy (non-hydrogen) atoms. The normalized spacial score (nSPS) is 10.7. The van der Waals surface area contributed by atoms with Crippen molar-refractivity contribution < 1.29 is 14.1 Å². The van der Waals surface area contributed by atoms with Gasteiger partial charge in [0.15, 0.2) is 0 Å². The summed E-state index contributed by atoms with van der Waals surface area (Å²) >= 11 is 6.12. The van der Waals surface area contributed by atoms with Gasteiger partial charge in [-0.3, -0.25) is 0 Å². The lowest BCUT2D eigenvalue weighted by Crippen LogP contribution is -2.07. The maximum Gasteiger partial charge on any atom is 0.361 e. The first-order chi connectivity index (χ1) is 11.1. The van der Waals surface area contributed by atoms with Crippen LogP contribution in [0, 0.1) is 6.92 Å². The Bertz CT molecular complexity index is 878.